The molecule has 0 spiro atoms. The van der Waals surface area contributed by atoms with Gasteiger partial charge >= 0.3 is 0 Å². The predicted molar refractivity (Wildman–Crippen MR) is 93.7 cm³/mol. The van der Waals surface area contributed by atoms with Crippen LogP contribution in [0.2, 0.25) is 0 Å². The van der Waals surface area contributed by atoms with Gasteiger partial charge in [0.1, 0.15) is 17.0 Å². The van der Waals surface area contributed by atoms with Gasteiger partial charge in [-0.2, -0.15) is 5.10 Å². The Labute approximate surface area is 141 Å². The van der Waals surface area contributed by atoms with E-state index in [1.807, 2.05) is 48.2 Å². The van der Waals surface area contributed by atoms with Crippen LogP contribution >= 0.6 is 0 Å². The molecule has 0 N–H and O–H groups in total. The highest BCUT2D eigenvalue weighted by Crippen LogP contribution is 2.21. The summed E-state index contributed by atoms with van der Waals surface area (Å²) in [6.45, 7) is 7.22. The molecular formula is C19H23N3O2. The maximum atomic E-state index is 13.0. The van der Waals surface area contributed by atoms with E-state index in [1.165, 1.54) is 0 Å². The molecule has 0 saturated carbocycles. The summed E-state index contributed by atoms with van der Waals surface area (Å²) in [6.07, 6.45) is 0. The molecule has 1 aromatic carbocycles. The normalized spacial score (nSPS) is 11.4. The van der Waals surface area contributed by atoms with Crippen molar-refractivity contribution in [2.75, 3.05) is 6.54 Å². The number of hydrogen-bond donors (Lipinski definition) is 0. The highest BCUT2D eigenvalue weighted by Gasteiger charge is 2.22. The van der Waals surface area contributed by atoms with Crippen LogP contribution in [0.4, 0.5) is 0 Å². The minimum absolute atomic E-state index is 0.0211. The van der Waals surface area contributed by atoms with Crippen molar-refractivity contribution in [3.05, 3.63) is 53.5 Å². The number of hydrogen-bond acceptors (Lipinski definition) is 3. The van der Waals surface area contributed by atoms with Crippen LogP contribution in [0, 0.1) is 12.8 Å². The zero-order valence-electron chi connectivity index (χ0n) is 14.6. The second kappa shape index (κ2) is 6.51. The third-order valence-corrected chi connectivity index (χ3v) is 3.92. The fourth-order valence-electron chi connectivity index (χ4n) is 2.94. The molecule has 3 aromatic rings. The predicted octanol–water partition coefficient (Wildman–Crippen LogP) is 3.77. The summed E-state index contributed by atoms with van der Waals surface area (Å²) in [7, 11) is 1.80. The smallest absolute Gasteiger partial charge is 0.272 e. The summed E-state index contributed by atoms with van der Waals surface area (Å²) in [4.78, 5) is 14.8. The van der Waals surface area contributed by atoms with Gasteiger partial charge in [-0.15, -0.1) is 0 Å². The maximum Gasteiger partial charge on any atom is 0.272 e. The molecule has 2 heterocycles. The van der Waals surface area contributed by atoms with Gasteiger partial charge in [0.25, 0.3) is 5.91 Å². The number of carbonyl (C=O) groups is 1. The Bertz CT molecular complexity index is 828. The summed E-state index contributed by atoms with van der Waals surface area (Å²) in [5.74, 6) is 1.14. The van der Waals surface area contributed by atoms with E-state index in [0.717, 1.165) is 22.4 Å². The van der Waals surface area contributed by atoms with Gasteiger partial charge in [0.15, 0.2) is 0 Å². The number of furan rings is 1. The zero-order valence-corrected chi connectivity index (χ0v) is 14.6. The SMILES string of the molecule is Cc1cc(C(=O)N(Cc2cc3ccccc3o2)CC(C)C)n(C)n1. The molecule has 0 aliphatic rings. The molecular weight excluding hydrogens is 302 g/mol. The molecule has 0 bridgehead atoms. The van der Waals surface area contributed by atoms with Crippen molar-refractivity contribution in [1.29, 1.82) is 0 Å². The van der Waals surface area contributed by atoms with E-state index in [-0.39, 0.29) is 5.91 Å². The number of carbonyl (C=O) groups excluding carboxylic acids is 1. The Balaban J connectivity index is 1.88. The number of nitrogens with zero attached hydrogens (tertiary/aromatic N) is 3. The van der Waals surface area contributed by atoms with Crippen LogP contribution < -0.4 is 0 Å². The summed E-state index contributed by atoms with van der Waals surface area (Å²) in [5.41, 5.74) is 2.29. The van der Waals surface area contributed by atoms with E-state index in [0.29, 0.717) is 24.7 Å². The van der Waals surface area contributed by atoms with Crippen LogP contribution in [0.3, 0.4) is 0 Å². The second-order valence-corrected chi connectivity index (χ2v) is 6.62. The van der Waals surface area contributed by atoms with Crippen LogP contribution in [0.1, 0.15) is 35.8 Å². The molecule has 0 saturated heterocycles. The van der Waals surface area contributed by atoms with Crippen molar-refractivity contribution < 1.29 is 9.21 Å². The van der Waals surface area contributed by atoms with Crippen molar-refractivity contribution >= 4 is 16.9 Å². The number of benzene rings is 1. The second-order valence-electron chi connectivity index (χ2n) is 6.62. The molecule has 1 amide bonds. The molecule has 3 rings (SSSR count). The van der Waals surface area contributed by atoms with E-state index < -0.39 is 0 Å². The van der Waals surface area contributed by atoms with Crippen molar-refractivity contribution in [2.24, 2.45) is 13.0 Å². The highest BCUT2D eigenvalue weighted by molar-refractivity contribution is 5.92. The lowest BCUT2D eigenvalue weighted by atomic mass is 10.2. The van der Waals surface area contributed by atoms with Gasteiger partial charge in [0.2, 0.25) is 0 Å². The molecule has 126 valence electrons. The van der Waals surface area contributed by atoms with Crippen molar-refractivity contribution in [3.63, 3.8) is 0 Å². The van der Waals surface area contributed by atoms with Crippen LogP contribution in [0.5, 0.6) is 0 Å². The third-order valence-electron chi connectivity index (χ3n) is 3.92. The zero-order chi connectivity index (χ0) is 17.3. The van der Waals surface area contributed by atoms with E-state index in [4.69, 9.17) is 4.42 Å². The fraction of sp³-hybridized carbons (Fsp3) is 0.368. The first-order valence-corrected chi connectivity index (χ1v) is 8.21. The van der Waals surface area contributed by atoms with Gasteiger partial charge in [-0.3, -0.25) is 9.48 Å². The molecule has 2 aromatic heterocycles. The van der Waals surface area contributed by atoms with E-state index in [2.05, 4.69) is 18.9 Å². The van der Waals surface area contributed by atoms with E-state index in [9.17, 15) is 4.79 Å². The van der Waals surface area contributed by atoms with Gasteiger partial charge in [-0.25, -0.2) is 0 Å². The van der Waals surface area contributed by atoms with E-state index >= 15 is 0 Å². The molecule has 0 atom stereocenters. The lowest BCUT2D eigenvalue weighted by molar-refractivity contribution is 0.0700. The average molecular weight is 325 g/mol. The minimum Gasteiger partial charge on any atom is -0.459 e. The van der Waals surface area contributed by atoms with Crippen LogP contribution in [-0.2, 0) is 13.6 Å². The molecule has 5 nitrogen and oxygen atoms in total. The number of amides is 1. The Morgan fingerprint density at radius 1 is 1.29 bits per heavy atom. The van der Waals surface area contributed by atoms with Crippen LogP contribution in [0.15, 0.2) is 40.8 Å². The maximum absolute atomic E-state index is 13.0. The van der Waals surface area contributed by atoms with Crippen molar-refractivity contribution in [3.8, 4) is 0 Å². The van der Waals surface area contributed by atoms with Crippen molar-refractivity contribution in [1.82, 2.24) is 14.7 Å². The molecule has 0 radical (unpaired) electrons. The first-order chi connectivity index (χ1) is 11.4. The molecule has 0 fully saturated rings. The summed E-state index contributed by atoms with van der Waals surface area (Å²) in [6, 6.07) is 11.7. The summed E-state index contributed by atoms with van der Waals surface area (Å²) >= 11 is 0. The summed E-state index contributed by atoms with van der Waals surface area (Å²) < 4.78 is 7.53. The number of para-hydroxylation sites is 1. The molecule has 0 unspecified atom stereocenters. The molecule has 5 heteroatoms. The van der Waals surface area contributed by atoms with Crippen LogP contribution in [0.25, 0.3) is 11.0 Å². The highest BCUT2D eigenvalue weighted by atomic mass is 16.3. The lowest BCUT2D eigenvalue weighted by Gasteiger charge is -2.23. The van der Waals surface area contributed by atoms with Gasteiger partial charge in [0.05, 0.1) is 12.2 Å². The quantitative estimate of drug-likeness (QED) is 0.717. The standard InChI is InChI=1S/C19H23N3O2/c1-13(2)11-22(19(23)17-9-14(3)20-21(17)4)12-16-10-15-7-5-6-8-18(15)24-16/h5-10,13H,11-12H2,1-4H3. The molecule has 0 aliphatic carbocycles. The van der Waals surface area contributed by atoms with Gasteiger partial charge in [-0.1, -0.05) is 32.0 Å². The number of aromatic nitrogens is 2. The number of fused-ring (bicyclic) bond motifs is 1. The van der Waals surface area contributed by atoms with Crippen LogP contribution in [-0.4, -0.2) is 27.1 Å². The number of aryl methyl sites for hydroxylation is 2. The lowest BCUT2D eigenvalue weighted by Crippen LogP contribution is -2.34. The van der Waals surface area contributed by atoms with E-state index in [1.54, 1.807) is 11.7 Å². The van der Waals surface area contributed by atoms with Crippen molar-refractivity contribution in [2.45, 2.75) is 27.3 Å². The molecule has 24 heavy (non-hydrogen) atoms. The first-order valence-electron chi connectivity index (χ1n) is 8.21. The van der Waals surface area contributed by atoms with Gasteiger partial charge in [-0.05, 0) is 31.0 Å². The van der Waals surface area contributed by atoms with Gasteiger partial charge < -0.3 is 9.32 Å². The average Bonchev–Trinajstić information content (AvgIpc) is 3.07. The monoisotopic (exact) mass is 325 g/mol. The Kier molecular flexibility index (Phi) is 4.42. The Morgan fingerprint density at radius 3 is 2.67 bits per heavy atom. The van der Waals surface area contributed by atoms with Gasteiger partial charge in [0, 0.05) is 19.0 Å². The Morgan fingerprint density at radius 2 is 2.04 bits per heavy atom. The first kappa shape index (κ1) is 16.3. The topological polar surface area (TPSA) is 51.3 Å². The number of rotatable bonds is 5. The fourth-order valence-corrected chi connectivity index (χ4v) is 2.94. The third kappa shape index (κ3) is 3.35. The molecule has 0 aliphatic heterocycles. The Hall–Kier alpha value is -2.56. The largest absolute Gasteiger partial charge is 0.459 e. The minimum atomic E-state index is -0.0211. The summed E-state index contributed by atoms with van der Waals surface area (Å²) in [5, 5.41) is 5.34.